The van der Waals surface area contributed by atoms with Crippen molar-refractivity contribution >= 4 is 5.97 Å². The molecule has 27 heavy (non-hydrogen) atoms. The third-order valence-corrected chi connectivity index (χ3v) is 6.38. The molecule has 3 aliphatic heterocycles. The maximum Gasteiger partial charge on any atom is 0.307 e. The third kappa shape index (κ3) is 5.09. The summed E-state index contributed by atoms with van der Waals surface area (Å²) in [6.07, 6.45) is 6.25. The van der Waals surface area contributed by atoms with Gasteiger partial charge >= 0.3 is 5.97 Å². The molecule has 0 saturated carbocycles. The monoisotopic (exact) mass is 372 g/mol. The highest BCUT2D eigenvalue weighted by Crippen LogP contribution is 2.37. The molecule has 0 aliphatic carbocycles. The second-order valence-corrected chi connectivity index (χ2v) is 8.15. The molecule has 0 aromatic heterocycles. The molecule has 0 radical (unpaired) electrons. The van der Waals surface area contributed by atoms with E-state index < -0.39 is 0 Å². The highest BCUT2D eigenvalue weighted by atomic mass is 16.5. The van der Waals surface area contributed by atoms with Crippen LogP contribution in [0.1, 0.15) is 37.7 Å². The molecule has 5 nitrogen and oxygen atoms in total. The largest absolute Gasteiger partial charge is 0.462 e. The summed E-state index contributed by atoms with van der Waals surface area (Å²) in [6.45, 7) is 5.33. The van der Waals surface area contributed by atoms with Gasteiger partial charge < -0.3 is 9.47 Å². The minimum absolute atomic E-state index is 0.0244. The fourth-order valence-corrected chi connectivity index (χ4v) is 4.91. The molecular formula is C22H32N2O3. The number of hydrogen-bond acceptors (Lipinski definition) is 5. The van der Waals surface area contributed by atoms with Crippen LogP contribution in [0.3, 0.4) is 0 Å². The smallest absolute Gasteiger partial charge is 0.307 e. The van der Waals surface area contributed by atoms with Crippen molar-refractivity contribution < 1.29 is 14.3 Å². The van der Waals surface area contributed by atoms with Gasteiger partial charge in [0.25, 0.3) is 0 Å². The van der Waals surface area contributed by atoms with Crippen molar-refractivity contribution in [3.63, 3.8) is 0 Å². The summed E-state index contributed by atoms with van der Waals surface area (Å²) in [4.78, 5) is 17.3. The van der Waals surface area contributed by atoms with Crippen LogP contribution >= 0.6 is 0 Å². The van der Waals surface area contributed by atoms with Crippen LogP contribution in [-0.4, -0.2) is 73.3 Å². The number of hydrogen-bond donors (Lipinski definition) is 0. The summed E-state index contributed by atoms with van der Waals surface area (Å²) in [5.74, 6) is -0.0244. The topological polar surface area (TPSA) is 42.0 Å². The first-order valence-corrected chi connectivity index (χ1v) is 10.6. The number of carbonyl (C=O) groups is 1. The van der Waals surface area contributed by atoms with E-state index in [1.165, 1.54) is 18.4 Å². The van der Waals surface area contributed by atoms with Gasteiger partial charge in [0, 0.05) is 51.1 Å². The fraction of sp³-hybridized carbons (Fsp3) is 0.682. The fourth-order valence-electron chi connectivity index (χ4n) is 4.91. The average Bonchev–Trinajstić information content (AvgIpc) is 2.95. The highest BCUT2D eigenvalue weighted by Gasteiger charge is 2.41. The van der Waals surface area contributed by atoms with E-state index in [4.69, 9.17) is 9.47 Å². The molecular weight excluding hydrogens is 340 g/mol. The van der Waals surface area contributed by atoms with E-state index in [-0.39, 0.29) is 12.1 Å². The van der Waals surface area contributed by atoms with Crippen molar-refractivity contribution in [3.8, 4) is 0 Å². The van der Waals surface area contributed by atoms with Gasteiger partial charge in [0.15, 0.2) is 0 Å². The van der Waals surface area contributed by atoms with Crippen molar-refractivity contribution in [3.05, 3.63) is 35.9 Å². The maximum absolute atomic E-state index is 12.3. The lowest BCUT2D eigenvalue weighted by atomic mass is 9.98. The van der Waals surface area contributed by atoms with Gasteiger partial charge in [0.2, 0.25) is 0 Å². The SMILES string of the molecule is O=C(CCN1CCOCC1)OC1C[C@H]2CC[C@@H](C1)N2CCc1ccccc1. The predicted molar refractivity (Wildman–Crippen MR) is 105 cm³/mol. The Morgan fingerprint density at radius 1 is 1.04 bits per heavy atom. The molecule has 3 atom stereocenters. The van der Waals surface area contributed by atoms with Crippen molar-refractivity contribution in [2.45, 2.75) is 56.7 Å². The van der Waals surface area contributed by atoms with Gasteiger partial charge in [-0.15, -0.1) is 0 Å². The number of carbonyl (C=O) groups excluding carboxylic acids is 1. The van der Waals surface area contributed by atoms with Gasteiger partial charge in [-0.3, -0.25) is 14.6 Å². The Morgan fingerprint density at radius 3 is 2.44 bits per heavy atom. The summed E-state index contributed by atoms with van der Waals surface area (Å²) in [5.41, 5.74) is 1.41. The van der Waals surface area contributed by atoms with E-state index in [0.717, 1.165) is 58.7 Å². The highest BCUT2D eigenvalue weighted by molar-refractivity contribution is 5.69. The minimum Gasteiger partial charge on any atom is -0.462 e. The molecule has 0 amide bonds. The Morgan fingerprint density at radius 2 is 1.74 bits per heavy atom. The predicted octanol–water partition coefficient (Wildman–Crippen LogP) is 2.49. The Balaban J connectivity index is 1.20. The number of fused-ring (bicyclic) bond motifs is 2. The van der Waals surface area contributed by atoms with E-state index in [2.05, 4.69) is 40.1 Å². The average molecular weight is 373 g/mol. The second kappa shape index (κ2) is 9.18. The number of benzene rings is 1. The van der Waals surface area contributed by atoms with Crippen molar-refractivity contribution in [2.24, 2.45) is 0 Å². The molecule has 1 aromatic carbocycles. The van der Waals surface area contributed by atoms with Gasteiger partial charge in [0.05, 0.1) is 19.6 Å². The van der Waals surface area contributed by atoms with Crippen LogP contribution in [0.2, 0.25) is 0 Å². The lowest BCUT2D eigenvalue weighted by molar-refractivity contribution is -0.153. The molecule has 2 bridgehead atoms. The number of piperidine rings is 1. The van der Waals surface area contributed by atoms with E-state index in [9.17, 15) is 4.79 Å². The summed E-state index contributed by atoms with van der Waals surface area (Å²) < 4.78 is 11.2. The summed E-state index contributed by atoms with van der Waals surface area (Å²) in [6, 6.07) is 11.9. The van der Waals surface area contributed by atoms with E-state index in [0.29, 0.717) is 18.5 Å². The zero-order chi connectivity index (χ0) is 18.5. The van der Waals surface area contributed by atoms with Gasteiger partial charge in [-0.1, -0.05) is 30.3 Å². The van der Waals surface area contributed by atoms with Gasteiger partial charge in [-0.25, -0.2) is 0 Å². The van der Waals surface area contributed by atoms with Gasteiger partial charge in [0.1, 0.15) is 6.10 Å². The molecule has 5 heteroatoms. The Hall–Kier alpha value is -1.43. The van der Waals surface area contributed by atoms with Crippen LogP contribution in [0.4, 0.5) is 0 Å². The minimum atomic E-state index is -0.0244. The van der Waals surface area contributed by atoms with Crippen molar-refractivity contribution in [2.75, 3.05) is 39.4 Å². The van der Waals surface area contributed by atoms with Gasteiger partial charge in [-0.05, 0) is 24.8 Å². The Kier molecular flexibility index (Phi) is 6.43. The zero-order valence-corrected chi connectivity index (χ0v) is 16.2. The molecule has 3 saturated heterocycles. The summed E-state index contributed by atoms with van der Waals surface area (Å²) in [5, 5.41) is 0. The molecule has 1 unspecified atom stereocenters. The van der Waals surface area contributed by atoms with Gasteiger partial charge in [-0.2, -0.15) is 0 Å². The lowest BCUT2D eigenvalue weighted by Crippen LogP contribution is -2.46. The number of nitrogens with zero attached hydrogens (tertiary/aromatic N) is 2. The lowest BCUT2D eigenvalue weighted by Gasteiger charge is -2.38. The normalized spacial score (nSPS) is 29.0. The number of esters is 1. The quantitative estimate of drug-likeness (QED) is 0.688. The Bertz CT molecular complexity index is 589. The first-order chi connectivity index (χ1) is 13.3. The standard InChI is InChI=1S/C22H32N2O3/c25-22(9-10-23-12-14-26-15-13-23)27-21-16-19-6-7-20(17-21)24(19)11-8-18-4-2-1-3-5-18/h1-5,19-21H,6-17H2/t19-,20+,21?. The molecule has 0 N–H and O–H groups in total. The molecule has 0 spiro atoms. The molecule has 1 aromatic rings. The van der Waals surface area contributed by atoms with E-state index >= 15 is 0 Å². The van der Waals surface area contributed by atoms with Crippen LogP contribution in [0.15, 0.2) is 30.3 Å². The molecule has 3 fully saturated rings. The maximum atomic E-state index is 12.3. The molecule has 3 aliphatic rings. The van der Waals surface area contributed by atoms with Crippen LogP contribution < -0.4 is 0 Å². The van der Waals surface area contributed by atoms with Crippen LogP contribution in [0.5, 0.6) is 0 Å². The van der Waals surface area contributed by atoms with Crippen LogP contribution in [-0.2, 0) is 20.7 Å². The molecule has 148 valence electrons. The first-order valence-electron chi connectivity index (χ1n) is 10.6. The first kappa shape index (κ1) is 18.9. The molecule has 4 rings (SSSR count). The zero-order valence-electron chi connectivity index (χ0n) is 16.2. The third-order valence-electron chi connectivity index (χ3n) is 6.38. The van der Waals surface area contributed by atoms with Crippen LogP contribution in [0, 0.1) is 0 Å². The number of morpholine rings is 1. The summed E-state index contributed by atoms with van der Waals surface area (Å²) >= 11 is 0. The van der Waals surface area contributed by atoms with Crippen LogP contribution in [0.25, 0.3) is 0 Å². The molecule has 3 heterocycles. The second-order valence-electron chi connectivity index (χ2n) is 8.15. The van der Waals surface area contributed by atoms with Crippen molar-refractivity contribution in [1.82, 2.24) is 9.80 Å². The van der Waals surface area contributed by atoms with Crippen molar-refractivity contribution in [1.29, 1.82) is 0 Å². The summed E-state index contributed by atoms with van der Waals surface area (Å²) in [7, 11) is 0. The van der Waals surface area contributed by atoms with E-state index in [1.54, 1.807) is 0 Å². The number of rotatable bonds is 7. The van der Waals surface area contributed by atoms with E-state index in [1.807, 2.05) is 0 Å². The Labute approximate surface area is 162 Å². The number of ether oxygens (including phenoxy) is 2.